The number of aromatic nitrogens is 4. The van der Waals surface area contributed by atoms with Crippen LogP contribution in [-0.2, 0) is 40.4 Å². The van der Waals surface area contributed by atoms with Gasteiger partial charge in [-0.05, 0) is 37.5 Å². The van der Waals surface area contributed by atoms with Gasteiger partial charge < -0.3 is 36.5 Å². The van der Waals surface area contributed by atoms with Gasteiger partial charge in [0, 0.05) is 102 Å². The maximum absolute atomic E-state index is 12.9. The average Bonchev–Trinajstić information content (AvgIpc) is 3.92. The molecule has 0 saturated carbocycles. The third kappa shape index (κ3) is 20.2. The smallest absolute Gasteiger partial charge is 0.328 e. The van der Waals surface area contributed by atoms with Gasteiger partial charge in [0.25, 0.3) is 5.91 Å². The maximum Gasteiger partial charge on any atom is 0.328 e. The maximum atomic E-state index is 12.9. The summed E-state index contributed by atoms with van der Waals surface area (Å²) in [5.41, 5.74) is 1.16. The van der Waals surface area contributed by atoms with E-state index in [2.05, 4.69) is 51.0 Å². The zero-order chi connectivity index (χ0) is 44.2. The topological polar surface area (TPSA) is 319 Å². The van der Waals surface area contributed by atoms with Crippen LogP contribution in [0.5, 0.6) is 0 Å². The molecule has 0 radical (unpaired) electrons. The normalized spacial score (nSPS) is 12.0. The molecule has 1 atom stereocenters. The quantitative estimate of drug-likeness (QED) is 0.0206. The highest BCUT2D eigenvalue weighted by Crippen LogP contribution is 2.16. The molecule has 10 N–H and O–H groups in total. The summed E-state index contributed by atoms with van der Waals surface area (Å²) in [6.07, 6.45) is 7.42. The van der Waals surface area contributed by atoms with Gasteiger partial charge in [-0.2, -0.15) is 5.10 Å². The minimum atomic E-state index is -1.34. The number of H-pyrrole nitrogens is 1. The second-order valence-electron chi connectivity index (χ2n) is 14.0. The van der Waals surface area contributed by atoms with Crippen LogP contribution in [0.25, 0.3) is 10.9 Å². The van der Waals surface area contributed by atoms with Crippen LogP contribution < -0.4 is 21.3 Å². The SMILES string of the molecule is O=C(O)CN(CCOO)CCN(CCOO)CCN(CCOO)CC(=O)NCCCCCC(=O)NC(CNC(=O)c1ccc2c(cnn2CCCNc2ncc[nH]2)c1)C(=O)O. The fourth-order valence-electron chi connectivity index (χ4n) is 6.18. The van der Waals surface area contributed by atoms with Crippen molar-refractivity contribution in [2.24, 2.45) is 0 Å². The molecular weight excluding hydrogens is 806 g/mol. The second kappa shape index (κ2) is 29.0. The Morgan fingerprint density at radius 3 is 2.08 bits per heavy atom. The molecule has 0 saturated heterocycles. The number of rotatable bonds is 35. The Balaban J connectivity index is 1.34. The third-order valence-corrected chi connectivity index (χ3v) is 9.43. The predicted octanol–water partition coefficient (Wildman–Crippen LogP) is -0.303. The Morgan fingerprint density at radius 2 is 1.44 bits per heavy atom. The lowest BCUT2D eigenvalue weighted by atomic mass is 10.1. The van der Waals surface area contributed by atoms with E-state index in [1.54, 1.807) is 46.6 Å². The minimum absolute atomic E-state index is 0.0141. The summed E-state index contributed by atoms with van der Waals surface area (Å²) in [6, 6.07) is 3.74. The number of carboxylic acid groups (broad SMARTS) is 2. The molecule has 1 aromatic carbocycles. The van der Waals surface area contributed by atoms with Gasteiger partial charge in [0.1, 0.15) is 6.04 Å². The lowest BCUT2D eigenvalue weighted by molar-refractivity contribution is -0.245. The Hall–Kier alpha value is -5.31. The molecule has 340 valence electrons. The van der Waals surface area contributed by atoms with Gasteiger partial charge in [-0.15, -0.1) is 0 Å². The summed E-state index contributed by atoms with van der Waals surface area (Å²) >= 11 is 0. The van der Waals surface area contributed by atoms with Gasteiger partial charge >= 0.3 is 11.9 Å². The highest BCUT2D eigenvalue weighted by molar-refractivity contribution is 5.98. The lowest BCUT2D eigenvalue weighted by Crippen LogP contribution is -2.48. The van der Waals surface area contributed by atoms with Gasteiger partial charge in [0.05, 0.1) is 44.6 Å². The van der Waals surface area contributed by atoms with Crippen molar-refractivity contribution in [1.82, 2.24) is 50.4 Å². The molecule has 61 heavy (non-hydrogen) atoms. The number of aromatic amines is 1. The fraction of sp³-hybridized carbons (Fsp3) is 0.595. The third-order valence-electron chi connectivity index (χ3n) is 9.43. The number of carbonyl (C=O) groups excluding carboxylic acids is 3. The van der Waals surface area contributed by atoms with Crippen molar-refractivity contribution in [2.45, 2.75) is 44.7 Å². The van der Waals surface area contributed by atoms with Gasteiger partial charge in [-0.1, -0.05) is 6.42 Å². The number of aryl methyl sites for hydroxylation is 1. The monoisotopic (exact) mass is 865 g/mol. The Morgan fingerprint density at radius 1 is 0.770 bits per heavy atom. The van der Waals surface area contributed by atoms with E-state index in [1.165, 1.54) is 0 Å². The first kappa shape index (κ1) is 50.0. The molecule has 1 unspecified atom stereocenters. The number of imidazole rings is 1. The largest absolute Gasteiger partial charge is 0.480 e. The number of hydrogen-bond acceptors (Lipinski definition) is 17. The first-order valence-corrected chi connectivity index (χ1v) is 20.0. The van der Waals surface area contributed by atoms with Crippen LogP contribution >= 0.6 is 0 Å². The Labute approximate surface area is 351 Å². The van der Waals surface area contributed by atoms with E-state index in [0.29, 0.717) is 83.1 Å². The molecule has 2 heterocycles. The zero-order valence-electron chi connectivity index (χ0n) is 34.1. The molecule has 3 aromatic rings. The van der Waals surface area contributed by atoms with Crippen molar-refractivity contribution < 1.29 is 64.6 Å². The highest BCUT2D eigenvalue weighted by atomic mass is 17.1. The van der Waals surface area contributed by atoms with Crippen molar-refractivity contribution in [3.8, 4) is 0 Å². The van der Waals surface area contributed by atoms with Gasteiger partial charge in [-0.25, -0.2) is 24.4 Å². The highest BCUT2D eigenvalue weighted by Gasteiger charge is 2.22. The molecule has 0 bridgehead atoms. The summed E-state index contributed by atoms with van der Waals surface area (Å²) in [4.78, 5) is 86.1. The van der Waals surface area contributed by atoms with Gasteiger partial charge in [0.15, 0.2) is 5.95 Å². The molecule has 0 aliphatic heterocycles. The predicted molar refractivity (Wildman–Crippen MR) is 218 cm³/mol. The summed E-state index contributed by atoms with van der Waals surface area (Å²) in [6.45, 7) is 3.02. The van der Waals surface area contributed by atoms with E-state index in [0.717, 1.165) is 17.3 Å². The summed E-state index contributed by atoms with van der Waals surface area (Å²) < 4.78 is 1.83. The molecule has 2 aromatic heterocycles. The van der Waals surface area contributed by atoms with E-state index in [9.17, 15) is 34.2 Å². The number of nitrogens with one attached hydrogen (secondary N) is 5. The molecule has 24 heteroatoms. The van der Waals surface area contributed by atoms with Crippen LogP contribution in [0.2, 0.25) is 0 Å². The number of fused-ring (bicyclic) bond motifs is 1. The number of unbranched alkanes of at least 4 members (excludes halogenated alkanes) is 2. The van der Waals surface area contributed by atoms with Crippen LogP contribution in [0.3, 0.4) is 0 Å². The average molecular weight is 866 g/mol. The number of nitrogens with zero attached hydrogens (tertiary/aromatic N) is 6. The van der Waals surface area contributed by atoms with E-state index in [4.69, 9.17) is 15.8 Å². The summed E-state index contributed by atoms with van der Waals surface area (Å²) in [5, 5.41) is 61.5. The number of carboxylic acids is 2. The Bertz CT molecular complexity index is 1750. The first-order valence-electron chi connectivity index (χ1n) is 20.0. The van der Waals surface area contributed by atoms with Gasteiger partial charge in [-0.3, -0.25) is 54.3 Å². The van der Waals surface area contributed by atoms with Crippen molar-refractivity contribution in [2.75, 3.05) is 104 Å². The van der Waals surface area contributed by atoms with Crippen LogP contribution in [-0.4, -0.2) is 194 Å². The molecule has 0 aliphatic rings. The van der Waals surface area contributed by atoms with Crippen molar-refractivity contribution in [3.63, 3.8) is 0 Å². The van der Waals surface area contributed by atoms with E-state index >= 15 is 0 Å². The molecule has 0 fully saturated rings. The molecular formula is C37H59N11O13. The minimum Gasteiger partial charge on any atom is -0.480 e. The van der Waals surface area contributed by atoms with Crippen LogP contribution in [0.4, 0.5) is 5.95 Å². The fourth-order valence-corrected chi connectivity index (χ4v) is 6.18. The lowest BCUT2D eigenvalue weighted by Gasteiger charge is -2.29. The van der Waals surface area contributed by atoms with Gasteiger partial charge in [0.2, 0.25) is 11.8 Å². The second-order valence-corrected chi connectivity index (χ2v) is 14.0. The number of aliphatic carboxylic acids is 2. The van der Waals surface area contributed by atoms with Crippen LogP contribution in [0.15, 0.2) is 36.8 Å². The number of benzene rings is 1. The zero-order valence-corrected chi connectivity index (χ0v) is 34.1. The summed E-state index contributed by atoms with van der Waals surface area (Å²) in [7, 11) is 0. The molecule has 24 nitrogen and oxygen atoms in total. The van der Waals surface area contributed by atoms with E-state index in [-0.39, 0.29) is 64.9 Å². The van der Waals surface area contributed by atoms with E-state index < -0.39 is 29.8 Å². The number of amides is 3. The first-order chi connectivity index (χ1) is 29.5. The van der Waals surface area contributed by atoms with Crippen molar-refractivity contribution in [1.29, 1.82) is 0 Å². The number of anilines is 1. The summed E-state index contributed by atoms with van der Waals surface area (Å²) in [5.74, 6) is -2.93. The van der Waals surface area contributed by atoms with E-state index in [1.807, 2.05) is 9.58 Å². The molecule has 0 spiro atoms. The standard InChI is InChI=1S/C37H59N11O13/c49-32(44-30(36(54)55)25-42-35(53)28-6-7-31-29(23-28)24-43-48(31)12-4-9-39-37-40-10-11-41-37)5-2-1-3-8-38-33(50)26-46(18-21-60-57)15-13-45(17-20-59-56)14-16-47(19-22-61-58)27-34(51)52/h6-7,10-11,23-24,30,56-58H,1-5,8-9,12-22,25-27H2,(H,38,50)(H,42,53)(H,44,49)(H,51,52)(H,54,55)(H2,39,40,41). The molecule has 3 amide bonds. The number of hydrogen-bond donors (Lipinski definition) is 10. The van der Waals surface area contributed by atoms with Crippen LogP contribution in [0, 0.1) is 0 Å². The van der Waals surface area contributed by atoms with Crippen molar-refractivity contribution in [3.05, 3.63) is 42.4 Å². The Kier molecular flexibility index (Phi) is 23.8. The number of carbonyl (C=O) groups is 5. The van der Waals surface area contributed by atoms with Crippen molar-refractivity contribution >= 4 is 46.5 Å². The van der Waals surface area contributed by atoms with Crippen LogP contribution in [0.1, 0.15) is 42.5 Å². The molecule has 0 aliphatic carbocycles. The molecule has 3 rings (SSSR count).